The van der Waals surface area contributed by atoms with Crippen LogP contribution in [0, 0.1) is 0 Å². The van der Waals surface area contributed by atoms with Gasteiger partial charge in [-0.2, -0.15) is 15.0 Å². The Kier molecular flexibility index (Phi) is 2.58. The summed E-state index contributed by atoms with van der Waals surface area (Å²) in [5, 5.41) is 3.30. The molecule has 1 aliphatic heterocycles. The molecule has 0 aromatic carbocycles. The topological polar surface area (TPSA) is 166 Å². The van der Waals surface area contributed by atoms with E-state index in [0.717, 1.165) is 15.0 Å². The van der Waals surface area contributed by atoms with Crippen LogP contribution in [0.1, 0.15) is 0 Å². The van der Waals surface area contributed by atoms with Crippen LogP contribution in [0.25, 0.3) is 0 Å². The minimum absolute atomic E-state index is 0.741. The zero-order valence-corrected chi connectivity index (χ0v) is 6.54. The third kappa shape index (κ3) is 1.29. The van der Waals surface area contributed by atoms with Crippen molar-refractivity contribution in [3.8, 4) is 0 Å². The summed E-state index contributed by atoms with van der Waals surface area (Å²) in [5.41, 5.74) is 16.6. The summed E-state index contributed by atoms with van der Waals surface area (Å²) < 4.78 is 0. The zero-order chi connectivity index (χ0) is 9.46. The number of hydrogen-bond donors (Lipinski definition) is 6. The average Bonchev–Trinajstić information content (AvgIpc) is 2.08. The minimum atomic E-state index is -0.741. The Balaban J connectivity index is 2.76. The maximum absolute atomic E-state index is 5.52. The molecule has 1 saturated heterocycles. The highest BCUT2D eigenvalue weighted by molar-refractivity contribution is 4.74. The molecule has 0 aromatic rings. The van der Waals surface area contributed by atoms with Crippen LogP contribution in [0.15, 0.2) is 0 Å². The van der Waals surface area contributed by atoms with Crippen molar-refractivity contribution >= 4 is 0 Å². The molecule has 0 spiro atoms. The van der Waals surface area contributed by atoms with Crippen molar-refractivity contribution in [1.29, 1.82) is 0 Å². The highest BCUT2D eigenvalue weighted by Crippen LogP contribution is 2.07. The first-order valence-electron chi connectivity index (χ1n) is 3.32. The van der Waals surface area contributed by atoms with Crippen molar-refractivity contribution in [2.45, 2.75) is 18.9 Å². The summed E-state index contributed by atoms with van der Waals surface area (Å²) in [6.45, 7) is 0. The molecule has 0 saturated carbocycles. The monoisotopic (exact) mass is 177 g/mol. The molecule has 0 bridgehead atoms. The van der Waals surface area contributed by atoms with E-state index in [0.29, 0.717) is 0 Å². The Morgan fingerprint density at radius 2 is 0.750 bits per heavy atom. The number of hydrazine groups is 3. The predicted octanol–water partition coefficient (Wildman–Crippen LogP) is -4.75. The first-order chi connectivity index (χ1) is 5.46. The molecular weight excluding hydrogens is 162 g/mol. The Morgan fingerprint density at radius 1 is 0.583 bits per heavy atom. The minimum Gasteiger partial charge on any atom is -0.301 e. The van der Waals surface area contributed by atoms with Crippen LogP contribution in [0.3, 0.4) is 0 Å². The molecule has 1 fully saturated rings. The van der Waals surface area contributed by atoms with Crippen LogP contribution in [0.5, 0.6) is 0 Å². The summed E-state index contributed by atoms with van der Waals surface area (Å²) in [7, 11) is 0. The van der Waals surface area contributed by atoms with Crippen LogP contribution in [-0.4, -0.2) is 33.9 Å². The van der Waals surface area contributed by atoms with Crippen LogP contribution in [0.4, 0.5) is 0 Å². The molecule has 72 valence electrons. The van der Waals surface area contributed by atoms with E-state index in [1.54, 1.807) is 0 Å². The van der Waals surface area contributed by atoms with Gasteiger partial charge in [0.25, 0.3) is 0 Å². The molecule has 1 rings (SSSR count). The molecule has 0 atom stereocenters. The Bertz CT molecular complexity index is 101. The molecule has 1 aliphatic rings. The maximum Gasteiger partial charge on any atom is 0.145 e. The predicted molar refractivity (Wildman–Crippen MR) is 42.0 cm³/mol. The van der Waals surface area contributed by atoms with Crippen molar-refractivity contribution in [2.24, 2.45) is 34.7 Å². The van der Waals surface area contributed by atoms with Crippen molar-refractivity contribution in [1.82, 2.24) is 15.0 Å². The maximum atomic E-state index is 5.52. The van der Waals surface area contributed by atoms with E-state index < -0.39 is 18.9 Å². The Hall–Kier alpha value is -0.360. The van der Waals surface area contributed by atoms with E-state index in [1.165, 1.54) is 0 Å². The molecular formula is C3H15N9. The van der Waals surface area contributed by atoms with Gasteiger partial charge in [-0.3, -0.25) is 17.5 Å². The van der Waals surface area contributed by atoms with Gasteiger partial charge in [-0.1, -0.05) is 0 Å². The molecule has 12 N–H and O–H groups in total. The van der Waals surface area contributed by atoms with Crippen LogP contribution in [0.2, 0.25) is 0 Å². The summed E-state index contributed by atoms with van der Waals surface area (Å²) in [6, 6.07) is 0. The lowest BCUT2D eigenvalue weighted by Gasteiger charge is -2.48. The third-order valence-electron chi connectivity index (χ3n) is 1.83. The normalized spacial score (nSPS) is 42.0. The van der Waals surface area contributed by atoms with Gasteiger partial charge >= 0.3 is 0 Å². The van der Waals surface area contributed by atoms with Crippen molar-refractivity contribution in [3.63, 3.8) is 0 Å². The van der Waals surface area contributed by atoms with E-state index in [2.05, 4.69) is 0 Å². The highest BCUT2D eigenvalue weighted by atomic mass is 15.8. The first kappa shape index (κ1) is 9.73. The fourth-order valence-corrected chi connectivity index (χ4v) is 0.931. The number of rotatable bonds is 0. The second-order valence-electron chi connectivity index (χ2n) is 2.58. The third-order valence-corrected chi connectivity index (χ3v) is 1.83. The summed E-state index contributed by atoms with van der Waals surface area (Å²) in [5.74, 6) is 16.3. The van der Waals surface area contributed by atoms with E-state index in [9.17, 15) is 0 Å². The smallest absolute Gasteiger partial charge is 0.145 e. The summed E-state index contributed by atoms with van der Waals surface area (Å²) in [6.07, 6.45) is -2.22. The van der Waals surface area contributed by atoms with Gasteiger partial charge in [0, 0.05) is 0 Å². The van der Waals surface area contributed by atoms with E-state index >= 15 is 0 Å². The average molecular weight is 177 g/mol. The van der Waals surface area contributed by atoms with Gasteiger partial charge in [0.1, 0.15) is 18.9 Å². The first-order valence-corrected chi connectivity index (χ1v) is 3.32. The quantitative estimate of drug-likeness (QED) is 0.199. The SMILES string of the molecule is NC1N(N)C(N)N(N)C(N)N1N. The van der Waals surface area contributed by atoms with Crippen LogP contribution >= 0.6 is 0 Å². The Morgan fingerprint density at radius 3 is 0.917 bits per heavy atom. The molecule has 0 amide bonds. The van der Waals surface area contributed by atoms with E-state index in [4.69, 9.17) is 34.7 Å². The standard InChI is InChI=1S/C3H15N9/c4-1-10(7)2(5)12(9)3(6)11(1)8/h1-3H,4-9H2. The van der Waals surface area contributed by atoms with Crippen molar-refractivity contribution < 1.29 is 0 Å². The van der Waals surface area contributed by atoms with E-state index in [-0.39, 0.29) is 0 Å². The fraction of sp³-hybridized carbons (Fsp3) is 1.00. The second-order valence-corrected chi connectivity index (χ2v) is 2.58. The zero-order valence-electron chi connectivity index (χ0n) is 6.54. The van der Waals surface area contributed by atoms with E-state index in [1.807, 2.05) is 0 Å². The second kappa shape index (κ2) is 3.18. The van der Waals surface area contributed by atoms with Crippen LogP contribution < -0.4 is 34.7 Å². The number of hydrogen-bond acceptors (Lipinski definition) is 9. The lowest BCUT2D eigenvalue weighted by molar-refractivity contribution is -0.173. The lowest BCUT2D eigenvalue weighted by Crippen LogP contribution is -2.82. The largest absolute Gasteiger partial charge is 0.301 e. The van der Waals surface area contributed by atoms with Crippen molar-refractivity contribution in [3.05, 3.63) is 0 Å². The van der Waals surface area contributed by atoms with Gasteiger partial charge in [-0.25, -0.2) is 0 Å². The summed E-state index contributed by atoms with van der Waals surface area (Å²) in [4.78, 5) is 0. The fourth-order valence-electron chi connectivity index (χ4n) is 0.931. The van der Waals surface area contributed by atoms with Crippen LogP contribution in [-0.2, 0) is 0 Å². The molecule has 1 heterocycles. The lowest BCUT2D eigenvalue weighted by atomic mass is 10.5. The molecule has 0 radical (unpaired) electrons. The van der Waals surface area contributed by atoms with Gasteiger partial charge in [0.15, 0.2) is 0 Å². The van der Waals surface area contributed by atoms with Gasteiger partial charge in [-0.15, -0.1) is 0 Å². The number of nitrogens with two attached hydrogens (primary N) is 6. The van der Waals surface area contributed by atoms with Gasteiger partial charge < -0.3 is 17.2 Å². The van der Waals surface area contributed by atoms with Gasteiger partial charge in [-0.05, 0) is 0 Å². The van der Waals surface area contributed by atoms with Gasteiger partial charge in [0.2, 0.25) is 0 Å². The molecule has 0 unspecified atom stereocenters. The highest BCUT2D eigenvalue weighted by Gasteiger charge is 2.37. The van der Waals surface area contributed by atoms with Gasteiger partial charge in [0.05, 0.1) is 0 Å². The number of nitrogens with zero attached hydrogens (tertiary/aromatic N) is 3. The molecule has 9 nitrogen and oxygen atoms in total. The van der Waals surface area contributed by atoms with Crippen molar-refractivity contribution in [2.75, 3.05) is 0 Å². The molecule has 9 heteroatoms. The molecule has 12 heavy (non-hydrogen) atoms. The molecule has 0 aliphatic carbocycles. The Labute approximate surface area is 69.7 Å². The summed E-state index contributed by atoms with van der Waals surface area (Å²) >= 11 is 0. The molecule has 0 aromatic heterocycles.